The van der Waals surface area contributed by atoms with Gasteiger partial charge in [0.25, 0.3) is 0 Å². The molecule has 1 aliphatic heterocycles. The van der Waals surface area contributed by atoms with Gasteiger partial charge in [0, 0.05) is 38.3 Å². The predicted molar refractivity (Wildman–Crippen MR) is 117 cm³/mol. The van der Waals surface area contributed by atoms with Gasteiger partial charge in [-0.2, -0.15) is 0 Å². The number of anilines is 1. The number of carbonyl (C=O) groups excluding carboxylic acids is 2. The van der Waals surface area contributed by atoms with Crippen molar-refractivity contribution >= 4 is 40.7 Å². The minimum absolute atomic E-state index is 0.250. The van der Waals surface area contributed by atoms with Crippen LogP contribution in [0.25, 0.3) is 0 Å². The summed E-state index contributed by atoms with van der Waals surface area (Å²) in [5.74, 6) is -0.416. The molecule has 2 aromatic carbocycles. The van der Waals surface area contributed by atoms with E-state index in [1.165, 1.54) is 12.0 Å². The van der Waals surface area contributed by atoms with Crippen molar-refractivity contribution < 1.29 is 19.1 Å². The summed E-state index contributed by atoms with van der Waals surface area (Å²) in [5, 5.41) is 3.33. The molecule has 6 nitrogen and oxygen atoms in total. The van der Waals surface area contributed by atoms with E-state index in [9.17, 15) is 9.59 Å². The Bertz CT molecular complexity index is 886. The molecule has 1 N–H and O–H groups in total. The molecule has 1 saturated heterocycles. The maximum absolute atomic E-state index is 13.5. The van der Waals surface area contributed by atoms with Gasteiger partial charge in [0.15, 0.2) is 0 Å². The van der Waals surface area contributed by atoms with Crippen LogP contribution in [0, 0.1) is 0 Å². The van der Waals surface area contributed by atoms with Gasteiger partial charge in [-0.25, -0.2) is 0 Å². The Hall–Kier alpha value is -2.28. The SMILES string of the molecule is COc1ccc(N(C(=O)CCl)C2(C(=O)NCc3ccccc3)CCOCC2)cc1Cl. The maximum atomic E-state index is 13.5. The van der Waals surface area contributed by atoms with E-state index in [1.807, 2.05) is 30.3 Å². The van der Waals surface area contributed by atoms with E-state index in [0.717, 1.165) is 5.56 Å². The number of ether oxygens (including phenoxy) is 2. The molecule has 0 radical (unpaired) electrons. The van der Waals surface area contributed by atoms with E-state index in [2.05, 4.69) is 5.32 Å². The summed E-state index contributed by atoms with van der Waals surface area (Å²) >= 11 is 12.2. The molecular weight excluding hydrogens is 427 g/mol. The van der Waals surface area contributed by atoms with Gasteiger partial charge in [0.2, 0.25) is 11.8 Å². The van der Waals surface area contributed by atoms with Crippen molar-refractivity contribution in [3.05, 3.63) is 59.1 Å². The molecule has 0 spiro atoms. The first-order valence-corrected chi connectivity index (χ1v) is 10.6. The van der Waals surface area contributed by atoms with Crippen molar-refractivity contribution in [2.75, 3.05) is 31.1 Å². The molecule has 0 bridgehead atoms. The lowest BCUT2D eigenvalue weighted by Gasteiger charge is -2.44. The quantitative estimate of drug-likeness (QED) is 0.651. The average Bonchev–Trinajstić information content (AvgIpc) is 2.79. The summed E-state index contributed by atoms with van der Waals surface area (Å²) < 4.78 is 10.7. The highest BCUT2D eigenvalue weighted by molar-refractivity contribution is 6.33. The van der Waals surface area contributed by atoms with Crippen LogP contribution >= 0.6 is 23.2 Å². The zero-order valence-corrected chi connectivity index (χ0v) is 18.2. The van der Waals surface area contributed by atoms with Gasteiger partial charge in [-0.3, -0.25) is 14.5 Å². The number of methoxy groups -OCH3 is 1. The van der Waals surface area contributed by atoms with E-state index < -0.39 is 5.54 Å². The number of hydrogen-bond acceptors (Lipinski definition) is 4. The highest BCUT2D eigenvalue weighted by Crippen LogP contribution is 2.37. The molecular formula is C22H24Cl2N2O4. The monoisotopic (exact) mass is 450 g/mol. The van der Waals surface area contributed by atoms with Crippen LogP contribution in [0.3, 0.4) is 0 Å². The van der Waals surface area contributed by atoms with Crippen LogP contribution in [0.5, 0.6) is 5.75 Å². The molecule has 3 rings (SSSR count). The molecule has 1 heterocycles. The molecule has 0 saturated carbocycles. The Balaban J connectivity index is 1.97. The predicted octanol–water partition coefficient (Wildman–Crippen LogP) is 3.79. The Kier molecular flexibility index (Phi) is 7.58. The second-order valence-electron chi connectivity index (χ2n) is 6.99. The molecule has 0 aromatic heterocycles. The zero-order valence-electron chi connectivity index (χ0n) is 16.7. The third-order valence-corrected chi connectivity index (χ3v) is 5.75. The van der Waals surface area contributed by atoms with E-state index in [-0.39, 0.29) is 17.7 Å². The third-order valence-electron chi connectivity index (χ3n) is 5.22. The fourth-order valence-electron chi connectivity index (χ4n) is 3.69. The molecule has 1 aliphatic rings. The number of nitrogens with zero attached hydrogens (tertiary/aromatic N) is 1. The number of nitrogens with one attached hydrogen (secondary N) is 1. The van der Waals surface area contributed by atoms with Gasteiger partial charge in [0.1, 0.15) is 17.2 Å². The highest BCUT2D eigenvalue weighted by atomic mass is 35.5. The van der Waals surface area contributed by atoms with Gasteiger partial charge < -0.3 is 14.8 Å². The molecule has 0 unspecified atom stereocenters. The van der Waals surface area contributed by atoms with Crippen molar-refractivity contribution in [3.63, 3.8) is 0 Å². The summed E-state index contributed by atoms with van der Waals surface area (Å²) in [6.07, 6.45) is 0.694. The van der Waals surface area contributed by atoms with Crippen LogP contribution in [0.1, 0.15) is 18.4 Å². The minimum atomic E-state index is -1.13. The second kappa shape index (κ2) is 10.2. The molecule has 2 amide bonds. The molecule has 8 heteroatoms. The highest BCUT2D eigenvalue weighted by Gasteiger charge is 2.48. The Morgan fingerprint density at radius 3 is 2.47 bits per heavy atom. The topological polar surface area (TPSA) is 67.9 Å². The lowest BCUT2D eigenvalue weighted by Crippen LogP contribution is -2.63. The van der Waals surface area contributed by atoms with Gasteiger partial charge in [-0.05, 0) is 23.8 Å². The number of amides is 2. The standard InChI is InChI=1S/C22H24Cl2N2O4/c1-29-19-8-7-17(13-18(19)24)26(20(27)14-23)22(9-11-30-12-10-22)21(28)25-15-16-5-3-2-4-6-16/h2-8,13H,9-12,14-15H2,1H3,(H,25,28). The van der Waals surface area contributed by atoms with Crippen molar-refractivity contribution in [1.29, 1.82) is 0 Å². The number of hydrogen-bond donors (Lipinski definition) is 1. The fraction of sp³-hybridized carbons (Fsp3) is 0.364. The van der Waals surface area contributed by atoms with Gasteiger partial charge >= 0.3 is 0 Å². The summed E-state index contributed by atoms with van der Waals surface area (Å²) in [7, 11) is 1.51. The number of benzene rings is 2. The van der Waals surface area contributed by atoms with Gasteiger partial charge in [-0.1, -0.05) is 41.9 Å². The van der Waals surface area contributed by atoms with E-state index in [0.29, 0.717) is 49.1 Å². The summed E-state index contributed by atoms with van der Waals surface area (Å²) in [4.78, 5) is 27.9. The normalized spacial score (nSPS) is 15.3. The van der Waals surface area contributed by atoms with Gasteiger partial charge in [0.05, 0.1) is 12.1 Å². The van der Waals surface area contributed by atoms with Crippen LogP contribution in [0.2, 0.25) is 5.02 Å². The summed E-state index contributed by atoms with van der Waals surface area (Å²) in [5.41, 5.74) is 0.329. The Labute approximate surface area is 186 Å². The van der Waals surface area contributed by atoms with Crippen LogP contribution in [0.4, 0.5) is 5.69 Å². The number of rotatable bonds is 7. The molecule has 30 heavy (non-hydrogen) atoms. The molecule has 2 aromatic rings. The average molecular weight is 451 g/mol. The zero-order chi connectivity index (χ0) is 21.6. The first-order chi connectivity index (χ1) is 14.5. The van der Waals surface area contributed by atoms with Crippen molar-refractivity contribution in [1.82, 2.24) is 5.32 Å². The molecule has 1 fully saturated rings. The lowest BCUT2D eigenvalue weighted by molar-refractivity contribution is -0.133. The van der Waals surface area contributed by atoms with E-state index in [1.54, 1.807) is 18.2 Å². The number of carbonyl (C=O) groups is 2. The Morgan fingerprint density at radius 1 is 1.17 bits per heavy atom. The summed E-state index contributed by atoms with van der Waals surface area (Å²) in [6.45, 7) is 1.07. The lowest BCUT2D eigenvalue weighted by atomic mass is 9.85. The molecule has 0 atom stereocenters. The first-order valence-electron chi connectivity index (χ1n) is 9.64. The Morgan fingerprint density at radius 2 is 1.87 bits per heavy atom. The van der Waals surface area contributed by atoms with Crippen molar-refractivity contribution in [2.24, 2.45) is 0 Å². The van der Waals surface area contributed by atoms with E-state index in [4.69, 9.17) is 32.7 Å². The van der Waals surface area contributed by atoms with Crippen LogP contribution < -0.4 is 15.0 Å². The largest absolute Gasteiger partial charge is 0.495 e. The smallest absolute Gasteiger partial charge is 0.246 e. The van der Waals surface area contributed by atoms with E-state index >= 15 is 0 Å². The van der Waals surface area contributed by atoms with Crippen molar-refractivity contribution in [2.45, 2.75) is 24.9 Å². The maximum Gasteiger partial charge on any atom is 0.246 e. The van der Waals surface area contributed by atoms with Crippen molar-refractivity contribution in [3.8, 4) is 5.75 Å². The van der Waals surface area contributed by atoms with Crippen LogP contribution in [0.15, 0.2) is 48.5 Å². The fourth-order valence-corrected chi connectivity index (χ4v) is 4.06. The number of alkyl halides is 1. The van der Waals surface area contributed by atoms with Gasteiger partial charge in [-0.15, -0.1) is 11.6 Å². The summed E-state index contributed by atoms with van der Waals surface area (Å²) in [6, 6.07) is 14.6. The second-order valence-corrected chi connectivity index (χ2v) is 7.67. The first kappa shape index (κ1) is 22.4. The van der Waals surface area contributed by atoms with Crippen LogP contribution in [-0.2, 0) is 20.9 Å². The molecule has 160 valence electrons. The van der Waals surface area contributed by atoms with Crippen LogP contribution in [-0.4, -0.2) is 43.6 Å². The number of halogens is 2. The minimum Gasteiger partial charge on any atom is -0.495 e. The third kappa shape index (κ3) is 4.72. The molecule has 0 aliphatic carbocycles.